The lowest BCUT2D eigenvalue weighted by Gasteiger charge is -2.20. The topological polar surface area (TPSA) is 105 Å². The van der Waals surface area contributed by atoms with E-state index in [1.165, 1.54) is 6.92 Å². The molecule has 2 amide bonds. The van der Waals surface area contributed by atoms with E-state index in [1.807, 2.05) is 0 Å². The summed E-state index contributed by atoms with van der Waals surface area (Å²) in [6.07, 6.45) is 0.125. The first-order valence-corrected chi connectivity index (χ1v) is 6.08. The number of hydrogen-bond acceptors (Lipinski definition) is 4. The van der Waals surface area contributed by atoms with Gasteiger partial charge in [-0.25, -0.2) is 9.59 Å². The van der Waals surface area contributed by atoms with Crippen molar-refractivity contribution in [2.45, 2.75) is 52.2 Å². The first-order chi connectivity index (χ1) is 8.61. The van der Waals surface area contributed by atoms with E-state index < -0.39 is 29.6 Å². The second kappa shape index (κ2) is 7.60. The van der Waals surface area contributed by atoms with Gasteiger partial charge in [-0.15, -0.1) is 0 Å². The van der Waals surface area contributed by atoms with Crippen LogP contribution in [0.4, 0.5) is 4.79 Å². The number of carboxylic acids is 1. The number of aliphatic carboxylic acids is 1. The zero-order chi connectivity index (χ0) is 15.1. The summed E-state index contributed by atoms with van der Waals surface area (Å²) in [5.41, 5.74) is -0.566. The van der Waals surface area contributed by atoms with Crippen LogP contribution in [0.25, 0.3) is 0 Å². The molecule has 19 heavy (non-hydrogen) atoms. The molecule has 7 heteroatoms. The van der Waals surface area contributed by atoms with Crippen molar-refractivity contribution < 1.29 is 24.2 Å². The average Bonchev–Trinajstić information content (AvgIpc) is 2.19. The second-order valence-electron chi connectivity index (χ2n) is 5.16. The average molecular weight is 274 g/mol. The molecule has 0 aromatic carbocycles. The molecule has 0 saturated carbocycles. The third-order valence-electron chi connectivity index (χ3n) is 2.01. The highest BCUT2D eigenvalue weighted by atomic mass is 16.6. The molecule has 0 aliphatic heterocycles. The third-order valence-corrected chi connectivity index (χ3v) is 2.01. The van der Waals surface area contributed by atoms with Crippen LogP contribution in [0.15, 0.2) is 0 Å². The molecule has 7 nitrogen and oxygen atoms in total. The van der Waals surface area contributed by atoms with E-state index in [0.29, 0.717) is 6.42 Å². The first-order valence-electron chi connectivity index (χ1n) is 6.08. The van der Waals surface area contributed by atoms with Crippen molar-refractivity contribution in [2.24, 2.45) is 0 Å². The highest BCUT2D eigenvalue weighted by Crippen LogP contribution is 2.06. The van der Waals surface area contributed by atoms with Crippen LogP contribution in [0.3, 0.4) is 0 Å². The fraction of sp³-hybridized carbons (Fsp3) is 0.750. The monoisotopic (exact) mass is 274 g/mol. The zero-order valence-electron chi connectivity index (χ0n) is 11.8. The molecule has 0 aromatic heterocycles. The van der Waals surface area contributed by atoms with Gasteiger partial charge in [-0.1, -0.05) is 0 Å². The summed E-state index contributed by atoms with van der Waals surface area (Å²) in [5, 5.41) is 13.7. The summed E-state index contributed by atoms with van der Waals surface area (Å²) in [4.78, 5) is 32.9. The minimum atomic E-state index is -1.09. The number of rotatable bonds is 6. The molecule has 110 valence electrons. The van der Waals surface area contributed by atoms with Crippen LogP contribution in [-0.4, -0.2) is 41.3 Å². The van der Waals surface area contributed by atoms with Crippen molar-refractivity contribution in [3.63, 3.8) is 0 Å². The quantitative estimate of drug-likeness (QED) is 0.624. The normalized spacial score (nSPS) is 12.4. The van der Waals surface area contributed by atoms with Gasteiger partial charge in [0, 0.05) is 13.5 Å². The van der Waals surface area contributed by atoms with Crippen molar-refractivity contribution in [2.75, 3.05) is 6.54 Å². The zero-order valence-corrected chi connectivity index (χ0v) is 11.8. The molecular formula is C12H22N2O5. The summed E-state index contributed by atoms with van der Waals surface area (Å²) >= 11 is 0. The van der Waals surface area contributed by atoms with Gasteiger partial charge in [-0.05, 0) is 33.6 Å². The Labute approximate surface area is 112 Å². The van der Waals surface area contributed by atoms with Gasteiger partial charge < -0.3 is 20.5 Å². The Morgan fingerprint density at radius 3 is 2.26 bits per heavy atom. The number of hydrogen-bond donors (Lipinski definition) is 3. The highest BCUT2D eigenvalue weighted by molar-refractivity contribution is 5.81. The van der Waals surface area contributed by atoms with E-state index in [4.69, 9.17) is 9.84 Å². The molecule has 0 spiro atoms. The lowest BCUT2D eigenvalue weighted by Crippen LogP contribution is -2.40. The van der Waals surface area contributed by atoms with Crippen LogP contribution >= 0.6 is 0 Å². The maximum absolute atomic E-state index is 11.3. The fourth-order valence-electron chi connectivity index (χ4n) is 1.31. The molecule has 0 heterocycles. The minimum Gasteiger partial charge on any atom is -0.480 e. The predicted octanol–water partition coefficient (Wildman–Crippen LogP) is 0.881. The molecular weight excluding hydrogens is 252 g/mol. The van der Waals surface area contributed by atoms with Crippen LogP contribution in [0, 0.1) is 0 Å². The van der Waals surface area contributed by atoms with E-state index in [1.54, 1.807) is 20.8 Å². The Hall–Kier alpha value is -1.79. The van der Waals surface area contributed by atoms with Crippen LogP contribution in [0.1, 0.15) is 40.5 Å². The Morgan fingerprint density at radius 1 is 1.26 bits per heavy atom. The van der Waals surface area contributed by atoms with Gasteiger partial charge in [-0.2, -0.15) is 0 Å². The van der Waals surface area contributed by atoms with Crippen molar-refractivity contribution in [1.29, 1.82) is 0 Å². The van der Waals surface area contributed by atoms with Crippen LogP contribution in [0.2, 0.25) is 0 Å². The van der Waals surface area contributed by atoms with E-state index in [2.05, 4.69) is 10.6 Å². The van der Waals surface area contributed by atoms with Gasteiger partial charge in [0.25, 0.3) is 0 Å². The number of carbonyl (C=O) groups is 3. The smallest absolute Gasteiger partial charge is 0.407 e. The number of alkyl carbamates (subject to hydrolysis) is 1. The minimum absolute atomic E-state index is 0.241. The van der Waals surface area contributed by atoms with Crippen LogP contribution in [-0.2, 0) is 14.3 Å². The molecule has 0 rings (SSSR count). The lowest BCUT2D eigenvalue weighted by molar-refractivity contribution is -0.141. The van der Waals surface area contributed by atoms with E-state index >= 15 is 0 Å². The first kappa shape index (κ1) is 17.2. The molecule has 0 radical (unpaired) electrons. The van der Waals surface area contributed by atoms with Gasteiger partial charge in [-0.3, -0.25) is 4.79 Å². The van der Waals surface area contributed by atoms with Gasteiger partial charge in [0.15, 0.2) is 0 Å². The second-order valence-corrected chi connectivity index (χ2v) is 5.16. The molecule has 1 atom stereocenters. The van der Waals surface area contributed by atoms with Gasteiger partial charge in [0.1, 0.15) is 11.6 Å². The number of ether oxygens (including phenoxy) is 1. The predicted molar refractivity (Wildman–Crippen MR) is 68.7 cm³/mol. The molecule has 0 unspecified atom stereocenters. The van der Waals surface area contributed by atoms with Crippen molar-refractivity contribution >= 4 is 18.0 Å². The Kier molecular flexibility index (Phi) is 6.89. The largest absolute Gasteiger partial charge is 0.480 e. The Bertz CT molecular complexity index is 336. The van der Waals surface area contributed by atoms with Crippen molar-refractivity contribution in [3.05, 3.63) is 0 Å². The van der Waals surface area contributed by atoms with Crippen LogP contribution in [0.5, 0.6) is 0 Å². The summed E-state index contributed by atoms with van der Waals surface area (Å²) < 4.78 is 5.02. The molecule has 0 aliphatic rings. The summed E-state index contributed by atoms with van der Waals surface area (Å²) in [6.45, 7) is 6.81. The fourth-order valence-corrected chi connectivity index (χ4v) is 1.31. The Balaban J connectivity index is 3.92. The van der Waals surface area contributed by atoms with E-state index in [-0.39, 0.29) is 13.0 Å². The Morgan fingerprint density at radius 2 is 1.84 bits per heavy atom. The summed E-state index contributed by atoms with van der Waals surface area (Å²) in [5.74, 6) is -1.49. The standard InChI is InChI=1S/C12H22N2O5/c1-8(15)14-9(10(16)17)6-5-7-13-11(18)19-12(2,3)4/h9H,5-7H2,1-4H3,(H,13,18)(H,14,15)(H,16,17)/t9-/m1/s1. The third kappa shape index (κ3) is 9.87. The van der Waals surface area contributed by atoms with Gasteiger partial charge in [0.05, 0.1) is 0 Å². The number of carbonyl (C=O) groups excluding carboxylic acids is 2. The number of nitrogens with one attached hydrogen (secondary N) is 2. The molecule has 3 N–H and O–H groups in total. The SMILES string of the molecule is CC(=O)N[C@H](CCCNC(=O)OC(C)(C)C)C(=O)O. The maximum Gasteiger partial charge on any atom is 0.407 e. The summed E-state index contributed by atoms with van der Waals surface area (Å²) in [6, 6.07) is -0.932. The van der Waals surface area contributed by atoms with Crippen molar-refractivity contribution in [3.8, 4) is 0 Å². The highest BCUT2D eigenvalue weighted by Gasteiger charge is 2.18. The summed E-state index contributed by atoms with van der Waals surface area (Å²) in [7, 11) is 0. The van der Waals surface area contributed by atoms with Gasteiger partial charge in [0.2, 0.25) is 5.91 Å². The van der Waals surface area contributed by atoms with Gasteiger partial charge >= 0.3 is 12.1 Å². The molecule has 0 saturated heterocycles. The van der Waals surface area contributed by atoms with E-state index in [9.17, 15) is 14.4 Å². The van der Waals surface area contributed by atoms with Crippen molar-refractivity contribution in [1.82, 2.24) is 10.6 Å². The maximum atomic E-state index is 11.3. The number of carboxylic acid groups (broad SMARTS) is 1. The van der Waals surface area contributed by atoms with E-state index in [0.717, 1.165) is 0 Å². The molecule has 0 fully saturated rings. The molecule has 0 bridgehead atoms. The lowest BCUT2D eigenvalue weighted by atomic mass is 10.1. The molecule has 0 aromatic rings. The molecule has 0 aliphatic carbocycles. The number of amides is 2. The van der Waals surface area contributed by atoms with Crippen LogP contribution < -0.4 is 10.6 Å².